The number of nitrogens with two attached hydrogens (primary N) is 1. The van der Waals surface area contributed by atoms with Crippen molar-refractivity contribution >= 4 is 34.5 Å². The largest absolute Gasteiger partial charge is 0.394 e. The predicted molar refractivity (Wildman–Crippen MR) is 79.0 cm³/mol. The van der Waals surface area contributed by atoms with Crippen molar-refractivity contribution in [2.75, 3.05) is 12.3 Å². The van der Waals surface area contributed by atoms with Crippen molar-refractivity contribution in [3.63, 3.8) is 0 Å². The van der Waals surface area contributed by atoms with Crippen LogP contribution in [0.25, 0.3) is 6.08 Å². The number of nitrogen functional groups attached to an aromatic ring is 1. The van der Waals surface area contributed by atoms with Gasteiger partial charge in [-0.05, 0) is 10.2 Å². The van der Waals surface area contributed by atoms with Crippen LogP contribution in [-0.4, -0.2) is 49.8 Å². The molecule has 0 unspecified atom stereocenters. The van der Waals surface area contributed by atoms with E-state index in [0.717, 1.165) is 4.57 Å². The number of hydrogen-bond donors (Lipinski definition) is 4. The van der Waals surface area contributed by atoms with Crippen LogP contribution in [0.5, 0.6) is 0 Å². The van der Waals surface area contributed by atoms with Gasteiger partial charge in [-0.3, -0.25) is 4.57 Å². The third-order valence-corrected chi connectivity index (χ3v) is 3.40. The topological polar surface area (TPSA) is 131 Å². The van der Waals surface area contributed by atoms with Crippen molar-refractivity contribution < 1.29 is 20.1 Å². The van der Waals surface area contributed by atoms with Crippen LogP contribution >= 0.6 is 22.6 Å². The maximum atomic E-state index is 11.8. The smallest absolute Gasteiger partial charge is 0.351 e. The van der Waals surface area contributed by atoms with Crippen LogP contribution in [0.2, 0.25) is 0 Å². The van der Waals surface area contributed by atoms with Crippen LogP contribution in [0.4, 0.5) is 5.82 Å². The van der Waals surface area contributed by atoms with Gasteiger partial charge in [0.2, 0.25) is 0 Å². The number of rotatable bonds is 3. The fourth-order valence-electron chi connectivity index (χ4n) is 1.98. The fraction of sp³-hybridized carbons (Fsp3) is 0.455. The Morgan fingerprint density at radius 1 is 1.50 bits per heavy atom. The lowest BCUT2D eigenvalue weighted by Crippen LogP contribution is -2.36. The zero-order valence-corrected chi connectivity index (χ0v) is 12.4. The van der Waals surface area contributed by atoms with Gasteiger partial charge < -0.3 is 25.8 Å². The summed E-state index contributed by atoms with van der Waals surface area (Å²) in [6.07, 6.45) is -1.67. The highest BCUT2D eigenvalue weighted by molar-refractivity contribution is 14.1. The van der Waals surface area contributed by atoms with E-state index in [0.29, 0.717) is 5.56 Å². The minimum absolute atomic E-state index is 0.0610. The first-order valence-electron chi connectivity index (χ1n) is 5.77. The van der Waals surface area contributed by atoms with E-state index in [2.05, 4.69) is 4.98 Å². The number of hydrogen-bond acceptors (Lipinski definition) is 7. The zero-order valence-electron chi connectivity index (χ0n) is 10.3. The normalized spacial score (nSPS) is 30.2. The lowest BCUT2D eigenvalue weighted by molar-refractivity contribution is -0.0549. The average Bonchev–Trinajstić information content (AvgIpc) is 2.70. The van der Waals surface area contributed by atoms with E-state index >= 15 is 0 Å². The van der Waals surface area contributed by atoms with Crippen molar-refractivity contribution in [1.82, 2.24) is 9.55 Å². The van der Waals surface area contributed by atoms with Gasteiger partial charge in [-0.25, -0.2) is 4.79 Å². The van der Waals surface area contributed by atoms with Crippen LogP contribution in [0.1, 0.15) is 11.8 Å². The minimum atomic E-state index is -1.34. The molecule has 5 N–H and O–H groups in total. The number of anilines is 1. The summed E-state index contributed by atoms with van der Waals surface area (Å²) in [5.74, 6) is 0.0610. The molecule has 0 spiro atoms. The van der Waals surface area contributed by atoms with E-state index in [-0.39, 0.29) is 5.82 Å². The first-order chi connectivity index (χ1) is 9.49. The van der Waals surface area contributed by atoms with E-state index in [9.17, 15) is 15.0 Å². The number of aliphatic hydroxyl groups is 3. The van der Waals surface area contributed by atoms with Crippen LogP contribution in [-0.2, 0) is 4.74 Å². The molecule has 0 aromatic carbocycles. The summed E-state index contributed by atoms with van der Waals surface area (Å²) < 4.78 is 8.02. The molecule has 8 nitrogen and oxygen atoms in total. The Bertz CT molecular complexity index is 576. The molecule has 0 amide bonds. The first-order valence-corrected chi connectivity index (χ1v) is 7.02. The van der Waals surface area contributed by atoms with Crippen LogP contribution in [0.3, 0.4) is 0 Å². The van der Waals surface area contributed by atoms with Crippen LogP contribution in [0.15, 0.2) is 15.1 Å². The van der Waals surface area contributed by atoms with Gasteiger partial charge in [0.15, 0.2) is 6.23 Å². The van der Waals surface area contributed by atoms with Gasteiger partial charge in [-0.2, -0.15) is 4.98 Å². The molecule has 0 aliphatic carbocycles. The zero-order chi connectivity index (χ0) is 14.9. The third-order valence-electron chi connectivity index (χ3n) is 3.04. The maximum absolute atomic E-state index is 11.8. The molecule has 110 valence electrons. The van der Waals surface area contributed by atoms with Gasteiger partial charge in [0.25, 0.3) is 0 Å². The number of aliphatic hydroxyl groups excluding tert-OH is 3. The second-order valence-corrected chi connectivity index (χ2v) is 5.01. The Balaban J connectivity index is 2.43. The van der Waals surface area contributed by atoms with Crippen molar-refractivity contribution in [2.45, 2.75) is 24.5 Å². The summed E-state index contributed by atoms with van der Waals surface area (Å²) in [5, 5.41) is 28.6. The monoisotopic (exact) mass is 395 g/mol. The van der Waals surface area contributed by atoms with E-state index in [4.69, 9.17) is 15.6 Å². The molecular weight excluding hydrogens is 381 g/mol. The molecule has 1 fully saturated rings. The molecule has 1 saturated heterocycles. The summed E-state index contributed by atoms with van der Waals surface area (Å²) in [4.78, 5) is 15.5. The number of aromatic nitrogens is 2. The second kappa shape index (κ2) is 6.18. The molecule has 9 heteroatoms. The summed E-state index contributed by atoms with van der Waals surface area (Å²) in [6, 6.07) is 0. The van der Waals surface area contributed by atoms with Crippen molar-refractivity contribution in [3.8, 4) is 0 Å². The highest BCUT2D eigenvalue weighted by Crippen LogP contribution is 2.28. The average molecular weight is 395 g/mol. The lowest BCUT2D eigenvalue weighted by atomic mass is 10.1. The number of nitrogens with zero attached hydrogens (tertiary/aromatic N) is 2. The molecule has 1 aliphatic rings. The predicted octanol–water partition coefficient (Wildman–Crippen LogP) is -1.16. The summed E-state index contributed by atoms with van der Waals surface area (Å²) in [7, 11) is 0. The van der Waals surface area contributed by atoms with Crippen molar-refractivity contribution in [2.24, 2.45) is 0 Å². The second-order valence-electron chi connectivity index (χ2n) is 4.29. The van der Waals surface area contributed by atoms with Gasteiger partial charge in [-0.1, -0.05) is 22.6 Å². The molecule has 1 aromatic heterocycles. The van der Waals surface area contributed by atoms with Gasteiger partial charge >= 0.3 is 5.69 Å². The maximum Gasteiger partial charge on any atom is 0.351 e. The Kier molecular flexibility index (Phi) is 4.75. The molecule has 20 heavy (non-hydrogen) atoms. The summed E-state index contributed by atoms with van der Waals surface area (Å²) in [6.45, 7) is -0.466. The molecule has 4 atom stereocenters. The van der Waals surface area contributed by atoms with Gasteiger partial charge in [0.05, 0.1) is 6.61 Å². The Morgan fingerprint density at radius 3 is 2.75 bits per heavy atom. The molecule has 0 saturated carbocycles. The summed E-state index contributed by atoms with van der Waals surface area (Å²) in [5.41, 5.74) is 5.40. The summed E-state index contributed by atoms with van der Waals surface area (Å²) >= 11 is 1.99. The van der Waals surface area contributed by atoms with E-state index in [1.807, 2.05) is 22.6 Å². The van der Waals surface area contributed by atoms with Crippen molar-refractivity contribution in [3.05, 3.63) is 26.3 Å². The van der Waals surface area contributed by atoms with Gasteiger partial charge in [0.1, 0.15) is 24.1 Å². The Hall–Kier alpha value is -1.01. The van der Waals surface area contributed by atoms with E-state index < -0.39 is 36.8 Å². The molecule has 0 bridgehead atoms. The van der Waals surface area contributed by atoms with E-state index in [1.54, 1.807) is 10.2 Å². The van der Waals surface area contributed by atoms with Crippen molar-refractivity contribution in [1.29, 1.82) is 0 Å². The minimum Gasteiger partial charge on any atom is -0.394 e. The molecule has 1 aliphatic heterocycles. The van der Waals surface area contributed by atoms with Gasteiger partial charge in [0, 0.05) is 11.8 Å². The quantitative estimate of drug-likeness (QED) is 0.475. The third kappa shape index (κ3) is 2.72. The molecular formula is C11H14IN3O5. The SMILES string of the molecule is Nc1nc(=O)n([C@@H]2O[C@H](CO)[C@H](O)[C@H]2O)cc1/C=C/I. The Labute approximate surface area is 127 Å². The highest BCUT2D eigenvalue weighted by atomic mass is 127. The molecule has 1 aromatic rings. The molecule has 0 radical (unpaired) electrons. The molecule has 2 rings (SSSR count). The highest BCUT2D eigenvalue weighted by Gasteiger charge is 2.43. The fourth-order valence-corrected chi connectivity index (χ4v) is 2.37. The van der Waals surface area contributed by atoms with Gasteiger partial charge in [-0.15, -0.1) is 0 Å². The Morgan fingerprint density at radius 2 is 2.20 bits per heavy atom. The van der Waals surface area contributed by atoms with E-state index in [1.165, 1.54) is 6.20 Å². The molecule has 2 heterocycles. The first kappa shape index (κ1) is 15.4. The number of halogens is 1. The van der Waals surface area contributed by atoms with Crippen LogP contribution in [0, 0.1) is 0 Å². The van der Waals surface area contributed by atoms with Crippen LogP contribution < -0.4 is 11.4 Å². The standard InChI is InChI=1S/C11H14IN3O5/c12-2-1-5-3-15(11(19)14-9(5)13)10-8(18)7(17)6(4-16)20-10/h1-3,6-8,10,16-18H,4H2,(H2,13,14,19)/b2-1+/t6-,7+,8-,10-/m1/s1. The lowest BCUT2D eigenvalue weighted by Gasteiger charge is -2.18. The number of ether oxygens (including phenoxy) is 1.